The van der Waals surface area contributed by atoms with Gasteiger partial charge in [-0.2, -0.15) is 0 Å². The molecule has 0 aromatic heterocycles. The van der Waals surface area contributed by atoms with Crippen molar-refractivity contribution < 1.29 is 14.3 Å². The molecule has 0 rings (SSSR count). The number of hydrogen-bond acceptors (Lipinski definition) is 3. The molecule has 0 aliphatic heterocycles. The maximum atomic E-state index is 12.3. The van der Waals surface area contributed by atoms with Crippen LogP contribution < -0.4 is 0 Å². The van der Waals surface area contributed by atoms with Crippen LogP contribution >= 0.6 is 22.6 Å². The summed E-state index contributed by atoms with van der Waals surface area (Å²) in [5.41, 5.74) is -0.463. The van der Waals surface area contributed by atoms with E-state index in [-0.39, 0.29) is 23.9 Å². The average Bonchev–Trinajstić information content (AvgIpc) is 2.25. The number of hydrogen-bond donors (Lipinski definition) is 0. The third-order valence-corrected chi connectivity index (χ3v) is 3.43. The zero-order valence-electron chi connectivity index (χ0n) is 12.7. The molecule has 0 aromatic rings. The van der Waals surface area contributed by atoms with Crippen molar-refractivity contribution >= 4 is 28.6 Å². The summed E-state index contributed by atoms with van der Waals surface area (Å²) in [6.45, 7) is 13.4. The molecule has 4 heteroatoms. The Kier molecular flexibility index (Phi) is 8.70. The van der Waals surface area contributed by atoms with E-state index >= 15 is 0 Å². The lowest BCUT2D eigenvalue weighted by molar-refractivity contribution is -0.165. The third-order valence-electron chi connectivity index (χ3n) is 2.67. The van der Waals surface area contributed by atoms with Crippen molar-refractivity contribution in [3.63, 3.8) is 0 Å². The molecule has 0 bridgehead atoms. The summed E-state index contributed by atoms with van der Waals surface area (Å²) < 4.78 is 12.1. The normalized spacial score (nSPS) is 14.9. The van der Waals surface area contributed by atoms with Crippen molar-refractivity contribution in [1.29, 1.82) is 0 Å². The van der Waals surface area contributed by atoms with Gasteiger partial charge in [0.2, 0.25) is 0 Å². The van der Waals surface area contributed by atoms with Crippen LogP contribution in [0.4, 0.5) is 0 Å². The van der Waals surface area contributed by atoms with Crippen LogP contribution in [-0.2, 0) is 14.3 Å². The molecule has 0 unspecified atom stereocenters. The Morgan fingerprint density at radius 1 is 1.37 bits per heavy atom. The Balaban J connectivity index is 4.94. The number of rotatable bonds is 8. The number of ether oxygens (including phenoxy) is 2. The first-order valence-corrected chi connectivity index (χ1v) is 8.30. The Morgan fingerprint density at radius 3 is 2.32 bits per heavy atom. The van der Waals surface area contributed by atoms with Gasteiger partial charge in [-0.25, -0.2) is 0 Å². The van der Waals surface area contributed by atoms with Gasteiger partial charge in [-0.05, 0) is 44.0 Å². The van der Waals surface area contributed by atoms with Gasteiger partial charge in [0.25, 0.3) is 0 Å². The molecule has 3 nitrogen and oxygen atoms in total. The molecule has 0 radical (unpaired) electrons. The predicted octanol–water partition coefficient (Wildman–Crippen LogP) is 4.34. The number of carbonyl (C=O) groups is 1. The van der Waals surface area contributed by atoms with Gasteiger partial charge in [0, 0.05) is 0 Å². The van der Waals surface area contributed by atoms with Crippen LogP contribution in [0.3, 0.4) is 0 Å². The molecule has 0 fully saturated rings. The second kappa shape index (κ2) is 8.82. The van der Waals surface area contributed by atoms with E-state index in [1.165, 1.54) is 6.26 Å². The molecule has 19 heavy (non-hydrogen) atoms. The summed E-state index contributed by atoms with van der Waals surface area (Å²) in [6.07, 6.45) is 3.02. The molecule has 0 N–H and O–H groups in total. The smallest absolute Gasteiger partial charge is 0.313 e. The van der Waals surface area contributed by atoms with Crippen LogP contribution in [0.2, 0.25) is 0 Å². The molecule has 0 aromatic carbocycles. The Labute approximate surface area is 131 Å². The van der Waals surface area contributed by atoms with E-state index in [9.17, 15) is 4.79 Å². The number of esters is 1. The Morgan fingerprint density at radius 2 is 1.95 bits per heavy atom. The van der Waals surface area contributed by atoms with E-state index in [1.54, 1.807) is 0 Å². The summed E-state index contributed by atoms with van der Waals surface area (Å²) in [4.78, 5) is 12.3. The van der Waals surface area contributed by atoms with Crippen LogP contribution in [0.25, 0.3) is 0 Å². The monoisotopic (exact) mass is 382 g/mol. The molecule has 0 saturated carbocycles. The molecular formula is C15H27IO3. The van der Waals surface area contributed by atoms with E-state index in [1.807, 2.05) is 20.8 Å². The highest BCUT2D eigenvalue weighted by Crippen LogP contribution is 2.25. The van der Waals surface area contributed by atoms with Crippen molar-refractivity contribution in [1.82, 2.24) is 0 Å². The topological polar surface area (TPSA) is 35.5 Å². The molecule has 0 saturated heterocycles. The maximum absolute atomic E-state index is 12.3. The fourth-order valence-electron chi connectivity index (χ4n) is 1.92. The van der Waals surface area contributed by atoms with E-state index in [0.717, 1.165) is 17.3 Å². The largest absolute Gasteiger partial charge is 0.497 e. The van der Waals surface area contributed by atoms with Crippen molar-refractivity contribution in [2.45, 2.75) is 59.2 Å². The zero-order valence-corrected chi connectivity index (χ0v) is 14.9. The summed E-state index contributed by atoms with van der Waals surface area (Å²) >= 11 is 2.32. The summed E-state index contributed by atoms with van der Waals surface area (Å²) in [5.74, 6) is -0.158. The minimum absolute atomic E-state index is 0.169. The van der Waals surface area contributed by atoms with E-state index in [0.29, 0.717) is 0 Å². The highest BCUT2D eigenvalue weighted by Gasteiger charge is 2.34. The van der Waals surface area contributed by atoms with Crippen LogP contribution in [0.5, 0.6) is 0 Å². The van der Waals surface area contributed by atoms with Gasteiger partial charge in [-0.3, -0.25) is 4.79 Å². The van der Waals surface area contributed by atoms with Crippen LogP contribution in [0.1, 0.15) is 47.5 Å². The molecule has 0 heterocycles. The highest BCUT2D eigenvalue weighted by molar-refractivity contribution is 14.1. The maximum Gasteiger partial charge on any atom is 0.313 e. The lowest BCUT2D eigenvalue weighted by Crippen LogP contribution is -2.38. The highest BCUT2D eigenvalue weighted by atomic mass is 127. The van der Waals surface area contributed by atoms with Crippen LogP contribution in [0, 0.1) is 11.8 Å². The first kappa shape index (κ1) is 18.7. The quantitative estimate of drug-likeness (QED) is 0.271. The van der Waals surface area contributed by atoms with Crippen molar-refractivity contribution in [3.8, 4) is 0 Å². The van der Waals surface area contributed by atoms with Gasteiger partial charge < -0.3 is 9.47 Å². The van der Waals surface area contributed by atoms with Crippen molar-refractivity contribution in [2.24, 2.45) is 11.8 Å². The van der Waals surface area contributed by atoms with Gasteiger partial charge in [0.15, 0.2) is 0 Å². The van der Waals surface area contributed by atoms with Crippen molar-refractivity contribution in [2.75, 3.05) is 4.43 Å². The molecule has 0 amide bonds. The van der Waals surface area contributed by atoms with Gasteiger partial charge in [-0.1, -0.05) is 43.0 Å². The second-order valence-corrected chi connectivity index (χ2v) is 7.06. The molecule has 112 valence electrons. The van der Waals surface area contributed by atoms with E-state index < -0.39 is 5.60 Å². The minimum atomic E-state index is -0.463. The number of carbonyl (C=O) groups excluding carboxylic acids is 1. The SMILES string of the molecule is C=CO[C@H](C(C)C)[C@@H](CCCI)C(=O)OC(C)(C)C. The van der Waals surface area contributed by atoms with Crippen LogP contribution in [0.15, 0.2) is 12.8 Å². The standard InChI is InChI=1S/C15H27IO3/c1-7-18-13(11(2)3)12(9-8-10-16)14(17)19-15(4,5)6/h7,11-13H,1,8-10H2,2-6H3/t12-,13-/m1/s1. The zero-order chi connectivity index (χ0) is 15.1. The fourth-order valence-corrected chi connectivity index (χ4v) is 2.36. The second-order valence-electron chi connectivity index (χ2n) is 5.98. The number of halogens is 1. The van der Waals surface area contributed by atoms with Gasteiger partial charge in [0.1, 0.15) is 11.7 Å². The lowest BCUT2D eigenvalue weighted by atomic mass is 9.89. The van der Waals surface area contributed by atoms with E-state index in [4.69, 9.17) is 9.47 Å². The average molecular weight is 382 g/mol. The van der Waals surface area contributed by atoms with Crippen molar-refractivity contribution in [3.05, 3.63) is 12.8 Å². The predicted molar refractivity (Wildman–Crippen MR) is 87.4 cm³/mol. The lowest BCUT2D eigenvalue weighted by Gasteiger charge is -2.30. The molecule has 0 spiro atoms. The fraction of sp³-hybridized carbons (Fsp3) is 0.800. The third kappa shape index (κ3) is 7.80. The Bertz CT molecular complexity index is 282. The number of alkyl halides is 1. The summed E-state index contributed by atoms with van der Waals surface area (Å²) in [6, 6.07) is 0. The minimum Gasteiger partial charge on any atom is -0.497 e. The van der Waals surface area contributed by atoms with Gasteiger partial charge in [0.05, 0.1) is 12.2 Å². The first-order chi connectivity index (χ1) is 8.72. The molecule has 2 atom stereocenters. The summed E-state index contributed by atoms with van der Waals surface area (Å²) in [5, 5.41) is 0. The first-order valence-electron chi connectivity index (χ1n) is 6.78. The van der Waals surface area contributed by atoms with Gasteiger partial charge >= 0.3 is 5.97 Å². The van der Waals surface area contributed by atoms with Crippen LogP contribution in [-0.4, -0.2) is 22.1 Å². The molecule has 0 aliphatic carbocycles. The Hall–Kier alpha value is -0.260. The molecule has 0 aliphatic rings. The van der Waals surface area contributed by atoms with Gasteiger partial charge in [-0.15, -0.1) is 0 Å². The molecular weight excluding hydrogens is 355 g/mol. The summed E-state index contributed by atoms with van der Waals surface area (Å²) in [7, 11) is 0. The van der Waals surface area contributed by atoms with E-state index in [2.05, 4.69) is 43.0 Å².